The number of carbonyl (C=O) groups excluding carboxylic acids is 4. The molecule has 1 aliphatic rings. The van der Waals surface area contributed by atoms with Gasteiger partial charge in [0, 0.05) is 37.4 Å². The number of piperidine rings is 1. The van der Waals surface area contributed by atoms with Gasteiger partial charge in [-0.3, -0.25) is 28.9 Å². The van der Waals surface area contributed by atoms with Crippen molar-refractivity contribution < 1.29 is 38.2 Å². The summed E-state index contributed by atoms with van der Waals surface area (Å²) in [5.74, 6) is -3.31. The summed E-state index contributed by atoms with van der Waals surface area (Å²) in [5.41, 5.74) is 5.00. The van der Waals surface area contributed by atoms with Gasteiger partial charge in [0.15, 0.2) is 6.10 Å². The van der Waals surface area contributed by atoms with Gasteiger partial charge < -0.3 is 31.1 Å². The summed E-state index contributed by atoms with van der Waals surface area (Å²) >= 11 is 1.15. The molecule has 5 N–H and O–H groups in total. The number of amides is 3. The van der Waals surface area contributed by atoms with Crippen molar-refractivity contribution in [2.24, 2.45) is 17.3 Å². The van der Waals surface area contributed by atoms with Crippen LogP contribution in [0.15, 0.2) is 23.6 Å². The third-order valence-corrected chi connectivity index (χ3v) is 12.5. The van der Waals surface area contributed by atoms with E-state index in [0.717, 1.165) is 62.8 Å². The van der Waals surface area contributed by atoms with E-state index in [1.807, 2.05) is 39.6 Å². The van der Waals surface area contributed by atoms with E-state index in [1.54, 1.807) is 25.3 Å². The van der Waals surface area contributed by atoms with E-state index >= 15 is 0 Å². The fourth-order valence-corrected chi connectivity index (χ4v) is 8.54. The number of likely N-dealkylation sites (tertiary alicyclic amines) is 1. The molecule has 1 aromatic carbocycles. The molecule has 0 spiro atoms. The molecule has 1 aliphatic heterocycles. The number of rotatable bonds is 23. The summed E-state index contributed by atoms with van der Waals surface area (Å²) in [6, 6.07) is 2.15. The minimum absolute atomic E-state index is 0.0222. The molecule has 0 bridgehead atoms. The average molecular weight is 845 g/mol. The molecule has 1 unspecified atom stereocenters. The predicted molar refractivity (Wildman–Crippen MR) is 229 cm³/mol. The smallest absolute Gasteiger partial charge is 0.309 e. The highest BCUT2D eigenvalue weighted by Crippen LogP contribution is 2.32. The number of nitrogen functional groups attached to an aromatic ring is 1. The molecule has 2 heterocycles. The largest absolute Gasteiger partial charge is 0.481 e. The van der Waals surface area contributed by atoms with E-state index in [-0.39, 0.29) is 60.3 Å². The highest BCUT2D eigenvalue weighted by atomic mass is 32.1. The summed E-state index contributed by atoms with van der Waals surface area (Å²) in [5, 5.41) is 17.9. The second-order valence-electron chi connectivity index (χ2n) is 17.3. The van der Waals surface area contributed by atoms with Gasteiger partial charge in [0.2, 0.25) is 11.8 Å². The minimum Gasteiger partial charge on any atom is -0.481 e. The zero-order chi connectivity index (χ0) is 44.0. The lowest BCUT2D eigenvalue weighted by Gasteiger charge is -2.40. The monoisotopic (exact) mass is 844 g/mol. The van der Waals surface area contributed by atoms with Crippen LogP contribution in [0.3, 0.4) is 0 Å². The van der Waals surface area contributed by atoms with Crippen molar-refractivity contribution in [1.82, 2.24) is 25.4 Å². The van der Waals surface area contributed by atoms with Gasteiger partial charge in [-0.05, 0) is 89.1 Å². The van der Waals surface area contributed by atoms with Gasteiger partial charge in [0.05, 0.1) is 17.1 Å². The number of hydrogen-bond acceptors (Lipinski definition) is 10. The number of benzene rings is 1. The molecule has 0 saturated carbocycles. The Kier molecular flexibility index (Phi) is 19.2. The molecule has 15 heteroatoms. The Bertz CT molecular complexity index is 1720. The normalized spacial score (nSPS) is 17.4. The molecular formula is C44H69FN6O7S. The molecule has 1 aromatic heterocycles. The fourth-order valence-electron chi connectivity index (χ4n) is 7.70. The Morgan fingerprint density at radius 3 is 2.41 bits per heavy atom. The Morgan fingerprint density at radius 2 is 1.81 bits per heavy atom. The van der Waals surface area contributed by atoms with Gasteiger partial charge in [-0.15, -0.1) is 11.3 Å². The Balaban J connectivity index is 1.95. The first-order valence-electron chi connectivity index (χ1n) is 21.3. The molecule has 13 nitrogen and oxygen atoms in total. The molecule has 330 valence electrons. The summed E-state index contributed by atoms with van der Waals surface area (Å²) < 4.78 is 20.2. The van der Waals surface area contributed by atoms with Crippen LogP contribution in [0.25, 0.3) is 0 Å². The van der Waals surface area contributed by atoms with Crippen LogP contribution in [-0.4, -0.2) is 93.9 Å². The van der Waals surface area contributed by atoms with Crippen molar-refractivity contribution >= 4 is 46.7 Å². The van der Waals surface area contributed by atoms with Crippen LogP contribution in [0.5, 0.6) is 0 Å². The lowest BCUT2D eigenvalue weighted by Crippen LogP contribution is -2.59. The van der Waals surface area contributed by atoms with Crippen LogP contribution in [0, 0.1) is 23.1 Å². The maximum atomic E-state index is 14.9. The highest BCUT2D eigenvalue weighted by molar-refractivity contribution is 7.09. The van der Waals surface area contributed by atoms with Crippen LogP contribution in [0.4, 0.5) is 10.1 Å². The van der Waals surface area contributed by atoms with E-state index in [0.29, 0.717) is 23.5 Å². The summed E-state index contributed by atoms with van der Waals surface area (Å²) in [6.07, 6.45) is 6.61. The molecule has 59 heavy (non-hydrogen) atoms. The Labute approximate surface area is 354 Å². The number of carboxylic acid groups (broad SMARTS) is 1. The molecule has 1 fully saturated rings. The van der Waals surface area contributed by atoms with E-state index < -0.39 is 53.3 Å². The molecule has 0 aliphatic carbocycles. The van der Waals surface area contributed by atoms with Gasteiger partial charge in [-0.25, -0.2) is 9.37 Å². The van der Waals surface area contributed by atoms with Gasteiger partial charge in [0.1, 0.15) is 22.6 Å². The number of likely N-dealkylation sites (N-methyl/N-ethyl adjacent to an activating group) is 1. The second kappa shape index (κ2) is 23.0. The number of hydrogen-bond donors (Lipinski definition) is 4. The van der Waals surface area contributed by atoms with Crippen molar-refractivity contribution in [3.05, 3.63) is 45.7 Å². The number of anilines is 1. The zero-order valence-corrected chi connectivity index (χ0v) is 37.5. The average Bonchev–Trinajstić information content (AvgIpc) is 3.67. The van der Waals surface area contributed by atoms with E-state index in [2.05, 4.69) is 27.4 Å². The number of thiazole rings is 1. The van der Waals surface area contributed by atoms with Crippen molar-refractivity contribution in [1.29, 1.82) is 0 Å². The lowest BCUT2D eigenvalue weighted by molar-refractivity contribution is -0.150. The maximum absolute atomic E-state index is 14.9. The molecule has 3 rings (SSSR count). The first-order valence-corrected chi connectivity index (χ1v) is 22.2. The van der Waals surface area contributed by atoms with E-state index in [9.17, 15) is 33.5 Å². The number of aromatic nitrogens is 1. The number of unbranched alkanes of at least 4 members (excludes halogenated alkanes) is 3. The van der Waals surface area contributed by atoms with Crippen LogP contribution in [0.2, 0.25) is 0 Å². The third kappa shape index (κ3) is 14.5. The van der Waals surface area contributed by atoms with Crippen LogP contribution in [-0.2, 0) is 30.3 Å². The van der Waals surface area contributed by atoms with Crippen molar-refractivity contribution in [3.8, 4) is 0 Å². The number of nitrogens with zero attached hydrogens (tertiary/aromatic N) is 3. The van der Waals surface area contributed by atoms with Crippen LogP contribution >= 0.6 is 11.3 Å². The Hall–Kier alpha value is -4.11. The topological polar surface area (TPSA) is 184 Å². The SMILES string of the molecule is CCCCCCN(C(=O)[C@@H](NC(=O)C1CCCCN1C)[C@@H](C)CC)[C@H](C[C@@H](OC(C)=O)c1nc(C(=O)N[C@@H](Cc2ccc(N)c(F)c2)CC(C)(C)C(=O)O)cs1)C(C)C. The highest BCUT2D eigenvalue weighted by Gasteiger charge is 2.39. The summed E-state index contributed by atoms with van der Waals surface area (Å²) in [6.45, 7) is 15.8. The first kappa shape index (κ1) is 49.3. The molecule has 0 radical (unpaired) electrons. The molecule has 2 aromatic rings. The van der Waals surface area contributed by atoms with Gasteiger partial charge in [-0.1, -0.05) is 72.8 Å². The number of ether oxygens (including phenoxy) is 1. The molecule has 3 amide bonds. The molecular weight excluding hydrogens is 776 g/mol. The van der Waals surface area contributed by atoms with E-state index in [1.165, 1.54) is 19.1 Å². The quantitative estimate of drug-likeness (QED) is 0.0509. The van der Waals surface area contributed by atoms with E-state index in [4.69, 9.17) is 10.5 Å². The lowest BCUT2D eigenvalue weighted by atomic mass is 9.84. The predicted octanol–water partition coefficient (Wildman–Crippen LogP) is 7.15. The number of aliphatic carboxylic acids is 1. The standard InChI is InChI=1S/C44H69FN6O7S/c1-10-12-13-15-21-51(42(55)38(28(5)11-2)49-40(54)35-17-14-16-20-50(35)9)36(27(3)4)24-37(58-29(6)52)41-48-34(26-59-41)39(53)47-31(25-44(7,8)43(56)57)22-30-18-19-33(46)32(45)23-30/h18-19,23,26-28,31,35-38H,10-17,20-22,24-25,46H2,1-9H3,(H,47,53)(H,49,54)(H,56,57)/t28-,31-,35?,36+,37+,38-/m0/s1. The number of halogens is 1. The number of nitrogens with one attached hydrogen (secondary N) is 2. The first-order chi connectivity index (χ1) is 27.8. The van der Waals surface area contributed by atoms with Crippen molar-refractivity contribution in [2.45, 2.75) is 156 Å². The number of carboxylic acids is 1. The van der Waals surface area contributed by atoms with Crippen molar-refractivity contribution in [2.75, 3.05) is 25.9 Å². The molecule has 1 saturated heterocycles. The third-order valence-electron chi connectivity index (χ3n) is 11.6. The maximum Gasteiger partial charge on any atom is 0.309 e. The van der Waals surface area contributed by atoms with Crippen LogP contribution in [0.1, 0.15) is 147 Å². The second-order valence-corrected chi connectivity index (χ2v) is 18.2. The van der Waals surface area contributed by atoms with Crippen molar-refractivity contribution in [3.63, 3.8) is 0 Å². The molecule has 6 atom stereocenters. The van der Waals surface area contributed by atoms with Gasteiger partial charge in [0.25, 0.3) is 5.91 Å². The number of carbonyl (C=O) groups is 5. The summed E-state index contributed by atoms with van der Waals surface area (Å²) in [4.78, 5) is 75.6. The fraction of sp³-hybridized carbons (Fsp3) is 0.682. The van der Waals surface area contributed by atoms with Crippen LogP contribution < -0.4 is 16.4 Å². The van der Waals surface area contributed by atoms with Gasteiger partial charge >= 0.3 is 11.9 Å². The Morgan fingerprint density at radius 1 is 1.10 bits per heavy atom. The summed E-state index contributed by atoms with van der Waals surface area (Å²) in [7, 11) is 1.95. The number of esters is 1. The zero-order valence-electron chi connectivity index (χ0n) is 36.6. The number of nitrogens with two attached hydrogens (primary N) is 1. The van der Waals surface area contributed by atoms with Gasteiger partial charge in [-0.2, -0.15) is 0 Å². The minimum atomic E-state index is -1.22.